The molecule has 0 aromatic heterocycles. The molecule has 3 atom stereocenters. The normalized spacial score (nSPS) is 26.5. The Hall–Kier alpha value is -1.18. The van der Waals surface area contributed by atoms with Crippen LogP contribution in [0, 0.1) is 17.8 Å². The smallest absolute Gasteiger partial charge is 0.374 e. The van der Waals surface area contributed by atoms with E-state index < -0.39 is 72.9 Å². The second-order valence-corrected chi connectivity index (χ2v) is 7.89. The molecule has 2 nitrogen and oxygen atoms in total. The first-order valence-electron chi connectivity index (χ1n) is 8.88. The standard InChI is InChI=1S/C17H20F12O2/c1-3-9-4-8(2)5-10(6-12(30,14(18,19)20)15(21,22)23)11(9)7-13(31,16(24,25)26)17(27,28)29/h3,8,10-11,30-31H,4-7H2,1-2H3/b9-3+. The fraction of sp³-hybridized carbons (Fsp3) is 0.882. The molecule has 0 aromatic rings. The zero-order valence-corrected chi connectivity index (χ0v) is 16.1. The van der Waals surface area contributed by atoms with Gasteiger partial charge >= 0.3 is 24.7 Å². The molecular formula is C17H20F12O2. The summed E-state index contributed by atoms with van der Waals surface area (Å²) < 4.78 is 157. The highest BCUT2D eigenvalue weighted by atomic mass is 19.4. The Kier molecular flexibility index (Phi) is 7.46. The van der Waals surface area contributed by atoms with E-state index in [2.05, 4.69) is 0 Å². The van der Waals surface area contributed by atoms with E-state index in [1.54, 1.807) is 0 Å². The van der Waals surface area contributed by atoms with Crippen molar-refractivity contribution in [3.8, 4) is 0 Å². The van der Waals surface area contributed by atoms with E-state index in [1.165, 1.54) is 6.92 Å². The summed E-state index contributed by atoms with van der Waals surface area (Å²) in [5, 5.41) is 18.9. The van der Waals surface area contributed by atoms with Gasteiger partial charge in [0.05, 0.1) is 0 Å². The van der Waals surface area contributed by atoms with Crippen molar-refractivity contribution in [2.24, 2.45) is 17.8 Å². The Morgan fingerprint density at radius 1 is 0.742 bits per heavy atom. The summed E-state index contributed by atoms with van der Waals surface area (Å²) in [4.78, 5) is 0. The van der Waals surface area contributed by atoms with Gasteiger partial charge in [0.1, 0.15) is 0 Å². The minimum absolute atomic E-state index is 0.195. The summed E-state index contributed by atoms with van der Waals surface area (Å²) in [6.07, 6.45) is -29.5. The largest absolute Gasteiger partial charge is 0.426 e. The van der Waals surface area contributed by atoms with Crippen molar-refractivity contribution in [3.63, 3.8) is 0 Å². The van der Waals surface area contributed by atoms with Crippen LogP contribution in [0.3, 0.4) is 0 Å². The molecule has 1 aliphatic carbocycles. The molecule has 31 heavy (non-hydrogen) atoms. The van der Waals surface area contributed by atoms with Crippen LogP contribution < -0.4 is 0 Å². The van der Waals surface area contributed by atoms with Gasteiger partial charge in [-0.1, -0.05) is 18.6 Å². The molecular weight excluding hydrogens is 464 g/mol. The first kappa shape index (κ1) is 27.9. The van der Waals surface area contributed by atoms with Crippen LogP contribution >= 0.6 is 0 Å². The summed E-state index contributed by atoms with van der Waals surface area (Å²) in [6, 6.07) is 0. The van der Waals surface area contributed by atoms with Crippen LogP contribution in [0.15, 0.2) is 11.6 Å². The minimum atomic E-state index is -6.30. The Morgan fingerprint density at radius 3 is 1.42 bits per heavy atom. The number of aliphatic hydroxyl groups is 2. The Bertz CT molecular complexity index is 628. The van der Waals surface area contributed by atoms with Crippen molar-refractivity contribution < 1.29 is 62.9 Å². The first-order valence-corrected chi connectivity index (χ1v) is 8.88. The third-order valence-corrected chi connectivity index (χ3v) is 5.65. The fourth-order valence-corrected chi connectivity index (χ4v) is 3.96. The van der Waals surface area contributed by atoms with E-state index in [1.807, 2.05) is 0 Å². The Labute approximate surface area is 168 Å². The van der Waals surface area contributed by atoms with Crippen LogP contribution in [0.5, 0.6) is 0 Å². The summed E-state index contributed by atoms with van der Waals surface area (Å²) in [5.41, 5.74) is -11.0. The molecule has 1 fully saturated rings. The average molecular weight is 484 g/mol. The van der Waals surface area contributed by atoms with Gasteiger partial charge in [0.15, 0.2) is 0 Å². The molecule has 0 saturated heterocycles. The Morgan fingerprint density at radius 2 is 1.10 bits per heavy atom. The molecule has 3 unspecified atom stereocenters. The molecule has 0 bridgehead atoms. The number of hydrogen-bond donors (Lipinski definition) is 2. The lowest BCUT2D eigenvalue weighted by Gasteiger charge is -2.45. The highest BCUT2D eigenvalue weighted by Crippen LogP contribution is 2.55. The predicted octanol–water partition coefficient (Wildman–Crippen LogP) is 6.09. The maximum atomic E-state index is 13.1. The van der Waals surface area contributed by atoms with Gasteiger partial charge in [-0.2, -0.15) is 52.7 Å². The van der Waals surface area contributed by atoms with Gasteiger partial charge in [-0.05, 0) is 43.9 Å². The lowest BCUT2D eigenvalue weighted by Crippen LogP contribution is -2.60. The van der Waals surface area contributed by atoms with Gasteiger partial charge < -0.3 is 10.2 Å². The third kappa shape index (κ3) is 5.25. The van der Waals surface area contributed by atoms with Gasteiger partial charge in [-0.3, -0.25) is 0 Å². The summed E-state index contributed by atoms with van der Waals surface area (Å²) in [5.74, 6) is -4.92. The van der Waals surface area contributed by atoms with E-state index in [0.717, 1.165) is 13.0 Å². The van der Waals surface area contributed by atoms with Crippen LogP contribution in [0.2, 0.25) is 0 Å². The van der Waals surface area contributed by atoms with Gasteiger partial charge in [0, 0.05) is 6.42 Å². The average Bonchev–Trinajstić information content (AvgIpc) is 2.52. The maximum absolute atomic E-state index is 13.1. The van der Waals surface area contributed by atoms with Crippen LogP contribution in [0.25, 0.3) is 0 Å². The van der Waals surface area contributed by atoms with E-state index in [-0.39, 0.29) is 12.0 Å². The minimum Gasteiger partial charge on any atom is -0.374 e. The van der Waals surface area contributed by atoms with E-state index >= 15 is 0 Å². The molecule has 1 rings (SSSR count). The molecule has 2 N–H and O–H groups in total. The van der Waals surface area contributed by atoms with E-state index in [9.17, 15) is 62.9 Å². The highest BCUT2D eigenvalue weighted by Gasteiger charge is 2.73. The monoisotopic (exact) mass is 484 g/mol. The second-order valence-electron chi connectivity index (χ2n) is 7.89. The van der Waals surface area contributed by atoms with Crippen molar-refractivity contribution >= 4 is 0 Å². The van der Waals surface area contributed by atoms with Crippen LogP contribution in [0.1, 0.15) is 39.5 Å². The number of hydrogen-bond acceptors (Lipinski definition) is 2. The second kappa shape index (κ2) is 8.31. The number of allylic oxidation sites excluding steroid dienone is 2. The van der Waals surface area contributed by atoms with E-state index in [4.69, 9.17) is 0 Å². The Balaban J connectivity index is 3.56. The molecule has 0 aromatic carbocycles. The van der Waals surface area contributed by atoms with Gasteiger partial charge in [-0.25, -0.2) is 0 Å². The van der Waals surface area contributed by atoms with Crippen molar-refractivity contribution in [1.29, 1.82) is 0 Å². The zero-order valence-electron chi connectivity index (χ0n) is 16.1. The SMILES string of the molecule is C/C=C1\CC(C)CC(CC(O)(C(F)(F)F)C(F)(F)F)C1CC(O)(C(F)(F)F)C(F)(F)F. The van der Waals surface area contributed by atoms with E-state index in [0.29, 0.717) is 0 Å². The number of rotatable bonds is 4. The lowest BCUT2D eigenvalue weighted by atomic mass is 9.64. The molecule has 0 aliphatic heterocycles. The van der Waals surface area contributed by atoms with Crippen molar-refractivity contribution in [2.45, 2.75) is 75.4 Å². The molecule has 1 aliphatic rings. The van der Waals surface area contributed by atoms with Gasteiger partial charge in [0.2, 0.25) is 0 Å². The predicted molar refractivity (Wildman–Crippen MR) is 82.5 cm³/mol. The zero-order chi connectivity index (χ0) is 24.8. The topological polar surface area (TPSA) is 40.5 Å². The molecule has 184 valence electrons. The maximum Gasteiger partial charge on any atom is 0.426 e. The molecule has 0 radical (unpaired) electrons. The van der Waals surface area contributed by atoms with Crippen LogP contribution in [-0.2, 0) is 0 Å². The highest BCUT2D eigenvalue weighted by molar-refractivity contribution is 5.16. The molecule has 0 heterocycles. The summed E-state index contributed by atoms with van der Waals surface area (Å²) in [7, 11) is 0. The third-order valence-electron chi connectivity index (χ3n) is 5.65. The van der Waals surface area contributed by atoms with Crippen LogP contribution in [0.4, 0.5) is 52.7 Å². The molecule has 0 amide bonds. The summed E-state index contributed by atoms with van der Waals surface area (Å²) >= 11 is 0. The molecule has 0 spiro atoms. The van der Waals surface area contributed by atoms with Gasteiger partial charge in [0.25, 0.3) is 11.2 Å². The van der Waals surface area contributed by atoms with Gasteiger partial charge in [-0.15, -0.1) is 0 Å². The number of halogens is 12. The fourth-order valence-electron chi connectivity index (χ4n) is 3.96. The molecule has 14 heteroatoms. The molecule has 1 saturated carbocycles. The van der Waals surface area contributed by atoms with Crippen molar-refractivity contribution in [3.05, 3.63) is 11.6 Å². The lowest BCUT2D eigenvalue weighted by molar-refractivity contribution is -0.379. The number of alkyl halides is 12. The van der Waals surface area contributed by atoms with Crippen molar-refractivity contribution in [2.75, 3.05) is 0 Å². The first-order chi connectivity index (χ1) is 13.5. The van der Waals surface area contributed by atoms with Crippen LogP contribution in [-0.4, -0.2) is 46.1 Å². The summed E-state index contributed by atoms with van der Waals surface area (Å²) in [6.45, 7) is 2.49. The van der Waals surface area contributed by atoms with Crippen molar-refractivity contribution in [1.82, 2.24) is 0 Å². The quantitative estimate of drug-likeness (QED) is 0.375.